The zero-order valence-corrected chi connectivity index (χ0v) is 12.4. The number of aromatic nitrogens is 1. The quantitative estimate of drug-likeness (QED) is 0.838. The van der Waals surface area contributed by atoms with E-state index in [1.165, 1.54) is 18.2 Å². The van der Waals surface area contributed by atoms with Crippen LogP contribution in [0.1, 0.15) is 36.2 Å². The Bertz CT molecular complexity index is 678. The summed E-state index contributed by atoms with van der Waals surface area (Å²) < 4.78 is 22.6. The van der Waals surface area contributed by atoms with Crippen LogP contribution in [0.15, 0.2) is 18.2 Å². The van der Waals surface area contributed by atoms with E-state index in [2.05, 4.69) is 10.3 Å². The summed E-state index contributed by atoms with van der Waals surface area (Å²) in [6.45, 7) is 0. The zero-order valence-electron chi connectivity index (χ0n) is 11.6. The van der Waals surface area contributed by atoms with Gasteiger partial charge in [-0.05, 0) is 25.0 Å². The molecule has 1 heterocycles. The van der Waals surface area contributed by atoms with Gasteiger partial charge in [-0.2, -0.15) is 0 Å². The molecule has 0 radical (unpaired) electrons. The largest absolute Gasteiger partial charge is 0.364 e. The molecule has 0 aliphatic heterocycles. The average molecular weight is 311 g/mol. The Hall–Kier alpha value is -1.96. The number of amides is 2. The van der Waals surface area contributed by atoms with Crippen LogP contribution in [-0.2, 0) is 14.6 Å². The second-order valence-electron chi connectivity index (χ2n) is 5.20. The topological polar surface area (TPSA) is 119 Å². The van der Waals surface area contributed by atoms with Crippen molar-refractivity contribution in [3.8, 4) is 0 Å². The smallest absolute Gasteiger partial charge is 0.267 e. The number of nitrogens with zero attached hydrogens (tertiary/aromatic N) is 1. The lowest BCUT2D eigenvalue weighted by molar-refractivity contribution is -0.118. The number of carbonyl (C=O) groups excluding carboxylic acids is 2. The summed E-state index contributed by atoms with van der Waals surface area (Å²) in [5, 5.41) is 2.49. The predicted molar refractivity (Wildman–Crippen MR) is 77.4 cm³/mol. The van der Waals surface area contributed by atoms with E-state index in [4.69, 9.17) is 5.73 Å². The molecule has 21 heavy (non-hydrogen) atoms. The summed E-state index contributed by atoms with van der Waals surface area (Å²) in [7, 11) is -3.54. The van der Waals surface area contributed by atoms with Gasteiger partial charge < -0.3 is 11.1 Å². The number of pyridine rings is 1. The van der Waals surface area contributed by atoms with Crippen LogP contribution in [0.25, 0.3) is 0 Å². The molecule has 2 amide bonds. The van der Waals surface area contributed by atoms with Crippen molar-refractivity contribution in [2.75, 3.05) is 11.6 Å². The SMILES string of the molecule is CS(=O)(=O)C1(C(=O)Nc2cccc(C(N)=O)n2)CCCC1. The van der Waals surface area contributed by atoms with Gasteiger partial charge in [0.1, 0.15) is 11.5 Å². The van der Waals surface area contributed by atoms with Crippen molar-refractivity contribution in [1.29, 1.82) is 0 Å². The standard InChI is InChI=1S/C13H17N3O4S/c1-21(19,20)13(7-2-3-8-13)12(18)16-10-6-4-5-9(15-10)11(14)17/h4-6H,2-3,7-8H2,1H3,(H2,14,17)(H,15,16,18). The van der Waals surface area contributed by atoms with Crippen molar-refractivity contribution >= 4 is 27.5 Å². The molecule has 8 heteroatoms. The van der Waals surface area contributed by atoms with Crippen molar-refractivity contribution in [3.05, 3.63) is 23.9 Å². The summed E-state index contributed by atoms with van der Waals surface area (Å²) >= 11 is 0. The molecule has 3 N–H and O–H groups in total. The third-order valence-electron chi connectivity index (χ3n) is 3.78. The lowest BCUT2D eigenvalue weighted by atomic mass is 10.1. The Labute approximate surface area is 122 Å². The highest BCUT2D eigenvalue weighted by atomic mass is 32.2. The molecule has 0 bridgehead atoms. The van der Waals surface area contributed by atoms with Gasteiger partial charge in [-0.25, -0.2) is 13.4 Å². The van der Waals surface area contributed by atoms with Gasteiger partial charge in [-0.3, -0.25) is 9.59 Å². The monoisotopic (exact) mass is 311 g/mol. The Balaban J connectivity index is 2.28. The van der Waals surface area contributed by atoms with E-state index >= 15 is 0 Å². The lowest BCUT2D eigenvalue weighted by Gasteiger charge is -2.25. The molecule has 2 rings (SSSR count). The normalized spacial score (nSPS) is 17.4. The molecule has 1 aromatic heterocycles. The van der Waals surface area contributed by atoms with Crippen molar-refractivity contribution in [2.24, 2.45) is 5.73 Å². The lowest BCUT2D eigenvalue weighted by Crippen LogP contribution is -2.47. The Kier molecular flexibility index (Phi) is 3.99. The van der Waals surface area contributed by atoms with Gasteiger partial charge in [0.05, 0.1) is 0 Å². The molecule has 0 unspecified atom stereocenters. The number of rotatable bonds is 4. The van der Waals surface area contributed by atoms with Crippen molar-refractivity contribution in [3.63, 3.8) is 0 Å². The minimum Gasteiger partial charge on any atom is -0.364 e. The molecule has 0 saturated heterocycles. The minimum absolute atomic E-state index is 0.00706. The Morgan fingerprint density at radius 3 is 2.43 bits per heavy atom. The summed E-state index contributed by atoms with van der Waals surface area (Å²) in [4.78, 5) is 27.4. The van der Waals surface area contributed by atoms with E-state index in [0.29, 0.717) is 25.7 Å². The van der Waals surface area contributed by atoms with Crippen LogP contribution in [-0.4, -0.2) is 36.2 Å². The summed E-state index contributed by atoms with van der Waals surface area (Å²) in [5.41, 5.74) is 5.13. The average Bonchev–Trinajstić information content (AvgIpc) is 2.89. The summed E-state index contributed by atoms with van der Waals surface area (Å²) in [5.74, 6) is -1.20. The van der Waals surface area contributed by atoms with Crippen molar-refractivity contribution < 1.29 is 18.0 Å². The van der Waals surface area contributed by atoms with Crippen LogP contribution < -0.4 is 11.1 Å². The molecule has 0 atom stereocenters. The second kappa shape index (κ2) is 5.44. The minimum atomic E-state index is -3.54. The van der Waals surface area contributed by atoms with Gasteiger partial charge in [0, 0.05) is 6.26 Å². The van der Waals surface area contributed by atoms with Gasteiger partial charge in [-0.1, -0.05) is 18.9 Å². The van der Waals surface area contributed by atoms with Crippen LogP contribution in [0.3, 0.4) is 0 Å². The van der Waals surface area contributed by atoms with E-state index in [-0.39, 0.29) is 11.5 Å². The van der Waals surface area contributed by atoms with Gasteiger partial charge >= 0.3 is 0 Å². The maximum atomic E-state index is 12.4. The first-order valence-electron chi connectivity index (χ1n) is 6.54. The first-order chi connectivity index (χ1) is 9.76. The van der Waals surface area contributed by atoms with Crippen molar-refractivity contribution in [2.45, 2.75) is 30.4 Å². The molecule has 1 aliphatic carbocycles. The van der Waals surface area contributed by atoms with E-state index in [9.17, 15) is 18.0 Å². The van der Waals surface area contributed by atoms with E-state index in [1.54, 1.807) is 0 Å². The molecular formula is C13H17N3O4S. The highest BCUT2D eigenvalue weighted by Gasteiger charge is 2.50. The van der Waals surface area contributed by atoms with E-state index in [0.717, 1.165) is 6.26 Å². The van der Waals surface area contributed by atoms with Crippen LogP contribution in [0.4, 0.5) is 5.82 Å². The third kappa shape index (κ3) is 2.90. The highest BCUT2D eigenvalue weighted by molar-refractivity contribution is 7.92. The van der Waals surface area contributed by atoms with Crippen LogP contribution >= 0.6 is 0 Å². The van der Waals surface area contributed by atoms with Gasteiger partial charge in [0.15, 0.2) is 14.6 Å². The maximum Gasteiger partial charge on any atom is 0.267 e. The number of nitrogens with two attached hydrogens (primary N) is 1. The summed E-state index contributed by atoms with van der Waals surface area (Å²) in [6, 6.07) is 4.42. The molecule has 1 aliphatic rings. The van der Waals surface area contributed by atoms with Gasteiger partial charge in [0.25, 0.3) is 5.91 Å². The summed E-state index contributed by atoms with van der Waals surface area (Å²) in [6.07, 6.45) is 3.05. The van der Waals surface area contributed by atoms with Crippen LogP contribution in [0.5, 0.6) is 0 Å². The first-order valence-corrected chi connectivity index (χ1v) is 8.43. The fraction of sp³-hybridized carbons (Fsp3) is 0.462. The Morgan fingerprint density at radius 2 is 1.90 bits per heavy atom. The molecule has 7 nitrogen and oxygen atoms in total. The first kappa shape index (κ1) is 15.4. The van der Waals surface area contributed by atoms with Crippen LogP contribution in [0.2, 0.25) is 0 Å². The highest BCUT2D eigenvalue weighted by Crippen LogP contribution is 2.37. The number of carbonyl (C=O) groups is 2. The fourth-order valence-electron chi connectivity index (χ4n) is 2.58. The number of sulfone groups is 1. The van der Waals surface area contributed by atoms with E-state index < -0.39 is 26.4 Å². The molecule has 1 saturated carbocycles. The number of primary amides is 1. The number of nitrogens with one attached hydrogen (secondary N) is 1. The second-order valence-corrected chi connectivity index (χ2v) is 7.53. The molecule has 0 aromatic carbocycles. The number of anilines is 1. The van der Waals surface area contributed by atoms with Crippen LogP contribution in [0, 0.1) is 0 Å². The molecule has 0 spiro atoms. The maximum absolute atomic E-state index is 12.4. The Morgan fingerprint density at radius 1 is 1.29 bits per heavy atom. The predicted octanol–water partition coefficient (Wildman–Crippen LogP) is 0.476. The molecule has 114 valence electrons. The third-order valence-corrected chi connectivity index (χ3v) is 5.79. The number of hydrogen-bond acceptors (Lipinski definition) is 5. The molecule has 1 fully saturated rings. The van der Waals surface area contributed by atoms with Crippen molar-refractivity contribution in [1.82, 2.24) is 4.98 Å². The van der Waals surface area contributed by atoms with E-state index in [1.807, 2.05) is 0 Å². The fourth-order valence-corrected chi connectivity index (χ4v) is 4.00. The number of hydrogen-bond donors (Lipinski definition) is 2. The van der Waals surface area contributed by atoms with Gasteiger partial charge in [0.2, 0.25) is 5.91 Å². The zero-order chi connectivity index (χ0) is 15.7. The molecular weight excluding hydrogens is 294 g/mol. The molecule has 1 aromatic rings. The van der Waals surface area contributed by atoms with Gasteiger partial charge in [-0.15, -0.1) is 0 Å².